The molecular weight excluding hydrogens is 550 g/mol. The van der Waals surface area contributed by atoms with Crippen LogP contribution in [0.5, 0.6) is 0 Å². The molecule has 0 bridgehead atoms. The van der Waals surface area contributed by atoms with Crippen molar-refractivity contribution in [2.24, 2.45) is 0 Å². The van der Waals surface area contributed by atoms with Crippen molar-refractivity contribution < 1.29 is 4.42 Å². The van der Waals surface area contributed by atoms with E-state index in [4.69, 9.17) is 19.4 Å². The lowest BCUT2D eigenvalue weighted by Gasteiger charge is -2.19. The zero-order chi connectivity index (χ0) is 29.5. The fraction of sp³-hybridized carbons (Fsp3) is 0. The molecule has 0 saturated heterocycles. The molecule has 8 aromatic rings. The maximum Gasteiger partial charge on any atom is 0.146 e. The second kappa shape index (κ2) is 9.18. The number of para-hydroxylation sites is 2. The van der Waals surface area contributed by atoms with Crippen molar-refractivity contribution in [3.63, 3.8) is 0 Å². The molecule has 2 aliphatic rings. The van der Waals surface area contributed by atoms with Gasteiger partial charge in [-0.15, -0.1) is 0 Å². The lowest BCUT2D eigenvalue weighted by atomic mass is 9.87. The second-order valence-corrected chi connectivity index (χ2v) is 11.5. The van der Waals surface area contributed by atoms with Gasteiger partial charge in [0.05, 0.1) is 33.5 Å². The number of benzene rings is 6. The van der Waals surface area contributed by atoms with E-state index in [0.29, 0.717) is 0 Å². The van der Waals surface area contributed by atoms with E-state index in [1.807, 2.05) is 36.5 Å². The Morgan fingerprint density at radius 3 is 1.78 bits per heavy atom. The molecule has 0 saturated carbocycles. The Morgan fingerprint density at radius 1 is 0.422 bits per heavy atom. The third-order valence-electron chi connectivity index (χ3n) is 9.07. The third kappa shape index (κ3) is 3.45. The molecule has 6 aromatic carbocycles. The summed E-state index contributed by atoms with van der Waals surface area (Å²) >= 11 is 0. The number of rotatable bonds is 2. The molecule has 4 heteroatoms. The lowest BCUT2D eigenvalue weighted by Crippen LogP contribution is -1.95. The SMILES string of the molecule is c1cnc2c(c1)ccc1ccc(-c3c4ccccc4c(-c4oc5ccccc5c5nc6ccccc6c4-5)c4ccccc34)nc12. The summed E-state index contributed by atoms with van der Waals surface area (Å²) in [6.07, 6.45) is 1.84. The van der Waals surface area contributed by atoms with Crippen molar-refractivity contribution in [3.8, 4) is 33.8 Å². The van der Waals surface area contributed by atoms with Crippen LogP contribution in [0.3, 0.4) is 0 Å². The predicted molar refractivity (Wildman–Crippen MR) is 185 cm³/mol. The molecule has 10 rings (SSSR count). The monoisotopic (exact) mass is 573 g/mol. The van der Waals surface area contributed by atoms with Gasteiger partial charge in [0.15, 0.2) is 0 Å². The molecular formula is C41H23N3O. The van der Waals surface area contributed by atoms with Crippen LogP contribution in [0, 0.1) is 0 Å². The average molecular weight is 574 g/mol. The summed E-state index contributed by atoms with van der Waals surface area (Å²) in [7, 11) is 0. The van der Waals surface area contributed by atoms with Crippen LogP contribution in [0.15, 0.2) is 144 Å². The van der Waals surface area contributed by atoms with Crippen LogP contribution in [0.25, 0.3) is 99.1 Å². The van der Waals surface area contributed by atoms with E-state index in [1.165, 1.54) is 0 Å². The molecule has 208 valence electrons. The first-order chi connectivity index (χ1) is 22.3. The number of pyridine rings is 2. The van der Waals surface area contributed by atoms with Gasteiger partial charge < -0.3 is 4.42 Å². The number of hydrogen-bond donors (Lipinski definition) is 0. The molecule has 45 heavy (non-hydrogen) atoms. The topological polar surface area (TPSA) is 51.8 Å². The molecule has 0 spiro atoms. The average Bonchev–Trinajstić information content (AvgIpc) is 3.50. The van der Waals surface area contributed by atoms with Crippen LogP contribution in [0.1, 0.15) is 0 Å². The van der Waals surface area contributed by atoms with E-state index in [1.54, 1.807) is 0 Å². The Labute approximate surface area is 257 Å². The summed E-state index contributed by atoms with van der Waals surface area (Å²) in [6, 6.07) is 46.4. The van der Waals surface area contributed by atoms with Gasteiger partial charge in [-0.25, -0.2) is 9.97 Å². The van der Waals surface area contributed by atoms with E-state index >= 15 is 0 Å². The number of aromatic nitrogens is 3. The van der Waals surface area contributed by atoms with Gasteiger partial charge in [0.25, 0.3) is 0 Å². The van der Waals surface area contributed by atoms with Crippen molar-refractivity contribution in [2.75, 3.05) is 0 Å². The normalized spacial score (nSPS) is 12.0. The Balaban J connectivity index is 1.37. The molecule has 0 unspecified atom stereocenters. The van der Waals surface area contributed by atoms with Gasteiger partial charge in [-0.2, -0.15) is 0 Å². The number of hydrogen-bond acceptors (Lipinski definition) is 4. The summed E-state index contributed by atoms with van der Waals surface area (Å²) in [6.45, 7) is 0. The quantitative estimate of drug-likeness (QED) is 0.152. The fourth-order valence-electron chi connectivity index (χ4n) is 7.11. The molecule has 4 nitrogen and oxygen atoms in total. The van der Waals surface area contributed by atoms with E-state index in [9.17, 15) is 0 Å². The van der Waals surface area contributed by atoms with Gasteiger partial charge in [-0.05, 0) is 51.9 Å². The molecule has 4 heterocycles. The third-order valence-corrected chi connectivity index (χ3v) is 9.07. The van der Waals surface area contributed by atoms with Crippen molar-refractivity contribution in [3.05, 3.63) is 140 Å². The largest absolute Gasteiger partial charge is 0.455 e. The first-order valence-corrected chi connectivity index (χ1v) is 15.1. The van der Waals surface area contributed by atoms with E-state index in [0.717, 1.165) is 99.1 Å². The van der Waals surface area contributed by atoms with Crippen molar-refractivity contribution >= 4 is 65.2 Å². The Kier molecular flexibility index (Phi) is 4.96. The zero-order valence-electron chi connectivity index (χ0n) is 24.0. The maximum atomic E-state index is 6.93. The zero-order valence-corrected chi connectivity index (χ0v) is 24.0. The molecule has 0 radical (unpaired) electrons. The molecule has 0 fully saturated rings. The van der Waals surface area contributed by atoms with Gasteiger partial charge >= 0.3 is 0 Å². The Morgan fingerprint density at radius 2 is 1.02 bits per heavy atom. The van der Waals surface area contributed by atoms with Crippen LogP contribution >= 0.6 is 0 Å². The minimum Gasteiger partial charge on any atom is -0.455 e. The van der Waals surface area contributed by atoms with Crippen molar-refractivity contribution in [2.45, 2.75) is 0 Å². The predicted octanol–water partition coefficient (Wildman–Crippen LogP) is 10.8. The molecule has 0 amide bonds. The van der Waals surface area contributed by atoms with E-state index in [2.05, 4.69) is 103 Å². The van der Waals surface area contributed by atoms with Crippen LogP contribution < -0.4 is 0 Å². The van der Waals surface area contributed by atoms with Crippen LogP contribution in [-0.2, 0) is 0 Å². The van der Waals surface area contributed by atoms with Crippen molar-refractivity contribution in [1.82, 2.24) is 15.0 Å². The standard InChI is InChI=1S/C41H23N3O/c1-3-13-28-26(11-1)35(33-22-21-25-20-19-24-10-9-23-42-38(24)39(25)44-33)27-12-2-4-14-29(27)36(28)41-37-30-15-5-7-17-32(30)43-40(37)31-16-6-8-18-34(31)45-41/h1-23H. The van der Waals surface area contributed by atoms with E-state index in [-0.39, 0.29) is 0 Å². The summed E-state index contributed by atoms with van der Waals surface area (Å²) in [4.78, 5) is 15.2. The Hall–Kier alpha value is -6.13. The maximum absolute atomic E-state index is 6.93. The molecule has 0 aliphatic carbocycles. The number of nitrogens with zero attached hydrogens (tertiary/aromatic N) is 3. The lowest BCUT2D eigenvalue weighted by molar-refractivity contribution is 0.623. The fourth-order valence-corrected chi connectivity index (χ4v) is 7.11. The smallest absolute Gasteiger partial charge is 0.146 e. The molecule has 2 aliphatic heterocycles. The van der Waals surface area contributed by atoms with Crippen LogP contribution in [0.2, 0.25) is 0 Å². The highest BCUT2D eigenvalue weighted by molar-refractivity contribution is 6.24. The highest BCUT2D eigenvalue weighted by Crippen LogP contribution is 2.50. The second-order valence-electron chi connectivity index (χ2n) is 11.5. The van der Waals surface area contributed by atoms with Gasteiger partial charge in [-0.1, -0.05) is 103 Å². The summed E-state index contributed by atoms with van der Waals surface area (Å²) in [5.41, 5.74) is 8.67. The molecule has 2 aromatic heterocycles. The minimum atomic E-state index is 0.815. The van der Waals surface area contributed by atoms with Gasteiger partial charge in [0.1, 0.15) is 11.3 Å². The van der Waals surface area contributed by atoms with E-state index < -0.39 is 0 Å². The first-order valence-electron chi connectivity index (χ1n) is 15.1. The van der Waals surface area contributed by atoms with Crippen molar-refractivity contribution in [1.29, 1.82) is 0 Å². The number of fused-ring (bicyclic) bond motifs is 10. The Bertz CT molecular complexity index is 2720. The van der Waals surface area contributed by atoms with Crippen LogP contribution in [-0.4, -0.2) is 15.0 Å². The van der Waals surface area contributed by atoms with Gasteiger partial charge in [0.2, 0.25) is 0 Å². The molecule has 0 N–H and O–H groups in total. The summed E-state index contributed by atoms with van der Waals surface area (Å²) in [5.74, 6) is 0.831. The minimum absolute atomic E-state index is 0.815. The summed E-state index contributed by atoms with van der Waals surface area (Å²) < 4.78 is 6.93. The highest BCUT2D eigenvalue weighted by atomic mass is 16.3. The molecule has 0 atom stereocenters. The van der Waals surface area contributed by atoms with Gasteiger partial charge in [0, 0.05) is 38.9 Å². The summed E-state index contributed by atoms with van der Waals surface area (Å²) in [5, 5.41) is 8.70. The van der Waals surface area contributed by atoms with Crippen LogP contribution in [0.4, 0.5) is 0 Å². The highest BCUT2D eigenvalue weighted by Gasteiger charge is 2.27. The first kappa shape index (κ1) is 24.3. The van der Waals surface area contributed by atoms with Gasteiger partial charge in [-0.3, -0.25) is 4.98 Å².